The van der Waals surface area contributed by atoms with Crippen LogP contribution in [0.4, 0.5) is 0 Å². The van der Waals surface area contributed by atoms with E-state index in [0.29, 0.717) is 11.4 Å². The van der Waals surface area contributed by atoms with Gasteiger partial charge < -0.3 is 14.8 Å². The number of carboxylic acids is 1. The minimum Gasteiger partial charge on any atom is -0.479 e. The van der Waals surface area contributed by atoms with Crippen molar-refractivity contribution in [3.05, 3.63) is 46.1 Å². The lowest BCUT2D eigenvalue weighted by molar-refractivity contribution is -0.757. The molecule has 0 bridgehead atoms. The van der Waals surface area contributed by atoms with Crippen LogP contribution in [-0.2, 0) is 24.3 Å². The van der Waals surface area contributed by atoms with E-state index >= 15 is 0 Å². The number of oxime groups is 1. The molecule has 1 aromatic carbocycles. The van der Waals surface area contributed by atoms with Crippen molar-refractivity contribution in [2.45, 2.75) is 55.9 Å². The molecule has 0 amide bonds. The fraction of sp³-hybridized carbons (Fsp3) is 0.500. The molecule has 13 heteroatoms. The van der Waals surface area contributed by atoms with Crippen LogP contribution in [0.15, 0.2) is 40.4 Å². The Morgan fingerprint density at radius 1 is 1.26 bits per heavy atom. The third-order valence-electron chi connectivity index (χ3n) is 5.65. The van der Waals surface area contributed by atoms with Gasteiger partial charge in [0.1, 0.15) is 11.4 Å². The van der Waals surface area contributed by atoms with Crippen molar-refractivity contribution in [2.75, 3.05) is 19.5 Å². The molecule has 0 aliphatic heterocycles. The molecule has 1 fully saturated rings. The number of benzene rings is 1. The summed E-state index contributed by atoms with van der Waals surface area (Å²) in [5.74, 6) is -1.19. The lowest BCUT2D eigenvalue weighted by Crippen LogP contribution is -2.16. The van der Waals surface area contributed by atoms with Gasteiger partial charge in [0.2, 0.25) is 6.61 Å². The number of aliphatic carboxylic acids is 1. The molecular formula is C22H28N4O8S. The molecule has 12 nitrogen and oxygen atoms in total. The molecule has 1 saturated carbocycles. The lowest BCUT2D eigenvalue weighted by atomic mass is 9.95. The highest BCUT2D eigenvalue weighted by Gasteiger charge is 2.23. The first-order valence-electron chi connectivity index (χ1n) is 11.2. The van der Waals surface area contributed by atoms with E-state index in [1.807, 2.05) is 4.68 Å². The SMILES string of the molecule is CS(=O)(=O)c1ccc(-c2cc(/C(CCCO[N+](=O)[O-])=N\OCC(=O)O)nn2C2CCCCC2)cc1. The van der Waals surface area contributed by atoms with Crippen LogP contribution in [0.2, 0.25) is 0 Å². The Kier molecular flexibility index (Phi) is 8.79. The van der Waals surface area contributed by atoms with Crippen LogP contribution in [0.25, 0.3) is 11.3 Å². The van der Waals surface area contributed by atoms with Gasteiger partial charge in [-0.2, -0.15) is 5.10 Å². The molecule has 1 N–H and O–H groups in total. The van der Waals surface area contributed by atoms with E-state index in [2.05, 4.69) is 9.99 Å². The largest absolute Gasteiger partial charge is 0.479 e. The molecule has 0 unspecified atom stereocenters. The summed E-state index contributed by atoms with van der Waals surface area (Å²) in [4.78, 5) is 30.8. The molecule has 0 radical (unpaired) electrons. The predicted molar refractivity (Wildman–Crippen MR) is 125 cm³/mol. The van der Waals surface area contributed by atoms with Crippen LogP contribution < -0.4 is 0 Å². The average Bonchev–Trinajstić information content (AvgIpc) is 3.26. The zero-order valence-electron chi connectivity index (χ0n) is 19.3. The van der Waals surface area contributed by atoms with E-state index < -0.39 is 27.5 Å². The van der Waals surface area contributed by atoms with Crippen LogP contribution in [0.1, 0.15) is 56.7 Å². The summed E-state index contributed by atoms with van der Waals surface area (Å²) in [7, 11) is -3.34. The normalized spacial score (nSPS) is 15.1. The second kappa shape index (κ2) is 11.8. The second-order valence-electron chi connectivity index (χ2n) is 8.31. The lowest BCUT2D eigenvalue weighted by Gasteiger charge is -2.24. The number of hydrogen-bond acceptors (Lipinski definition) is 9. The molecular weight excluding hydrogens is 480 g/mol. The van der Waals surface area contributed by atoms with Crippen LogP contribution in [0.5, 0.6) is 0 Å². The van der Waals surface area contributed by atoms with E-state index in [4.69, 9.17) is 15.0 Å². The maximum absolute atomic E-state index is 11.9. The Hall–Kier alpha value is -3.48. The van der Waals surface area contributed by atoms with Crippen LogP contribution >= 0.6 is 0 Å². The topological polar surface area (TPSA) is 163 Å². The predicted octanol–water partition coefficient (Wildman–Crippen LogP) is 3.25. The molecule has 0 atom stereocenters. The summed E-state index contributed by atoms with van der Waals surface area (Å²) in [6.07, 6.45) is 6.75. The van der Waals surface area contributed by atoms with E-state index in [-0.39, 0.29) is 30.4 Å². The van der Waals surface area contributed by atoms with Crippen LogP contribution in [0, 0.1) is 10.1 Å². The van der Waals surface area contributed by atoms with Crippen LogP contribution in [-0.4, -0.2) is 59.5 Å². The first-order chi connectivity index (χ1) is 16.6. The van der Waals surface area contributed by atoms with E-state index in [1.165, 1.54) is 0 Å². The molecule has 190 valence electrons. The summed E-state index contributed by atoms with van der Waals surface area (Å²) in [6, 6.07) is 8.46. The van der Waals surface area contributed by atoms with Crippen molar-refractivity contribution < 1.29 is 33.1 Å². The molecule has 1 aromatic heterocycles. The van der Waals surface area contributed by atoms with Crippen LogP contribution in [0.3, 0.4) is 0 Å². The van der Waals surface area contributed by atoms with Gasteiger partial charge in [-0.1, -0.05) is 36.6 Å². The maximum Gasteiger partial charge on any atom is 0.344 e. The fourth-order valence-corrected chi connectivity index (χ4v) is 4.62. The zero-order valence-corrected chi connectivity index (χ0v) is 20.1. The van der Waals surface area contributed by atoms with Crippen molar-refractivity contribution in [3.63, 3.8) is 0 Å². The minimum absolute atomic E-state index is 0.140. The Balaban J connectivity index is 1.97. The number of nitrogens with zero attached hydrogens (tertiary/aromatic N) is 4. The van der Waals surface area contributed by atoms with Crippen molar-refractivity contribution in [2.24, 2.45) is 5.16 Å². The van der Waals surface area contributed by atoms with Gasteiger partial charge in [-0.3, -0.25) is 4.68 Å². The second-order valence-corrected chi connectivity index (χ2v) is 10.3. The third kappa shape index (κ3) is 7.50. The minimum atomic E-state index is -3.34. The van der Waals surface area contributed by atoms with Gasteiger partial charge in [0.15, 0.2) is 9.84 Å². The Morgan fingerprint density at radius 3 is 2.54 bits per heavy atom. The molecule has 1 aliphatic carbocycles. The standard InChI is InChI=1S/C22H28N4O8S/c1-35(31,32)18-11-9-16(10-12-18)21-14-20(23-25(21)17-6-3-2-4-7-17)19(24-33-15-22(27)28)8-5-13-34-26(29)30/h9-12,14,17H,2-8,13,15H2,1H3,(H,27,28)/b24-19-. The Labute approximate surface area is 202 Å². The van der Waals surface area contributed by atoms with E-state index in [1.54, 1.807) is 30.3 Å². The Bertz CT molecular complexity index is 1170. The summed E-state index contributed by atoms with van der Waals surface area (Å²) in [5, 5.41) is 27.1. The molecule has 0 spiro atoms. The molecule has 1 heterocycles. The van der Waals surface area contributed by atoms with Crippen molar-refractivity contribution >= 4 is 21.5 Å². The molecule has 0 saturated heterocycles. The molecule has 35 heavy (non-hydrogen) atoms. The highest BCUT2D eigenvalue weighted by Crippen LogP contribution is 2.33. The van der Waals surface area contributed by atoms with Gasteiger partial charge in [-0.05, 0) is 49.4 Å². The summed E-state index contributed by atoms with van der Waals surface area (Å²) in [6.45, 7) is -0.799. The van der Waals surface area contributed by atoms with Gasteiger partial charge in [0, 0.05) is 6.26 Å². The molecule has 1 aliphatic rings. The van der Waals surface area contributed by atoms with Gasteiger partial charge in [0.25, 0.3) is 5.09 Å². The van der Waals surface area contributed by atoms with E-state index in [0.717, 1.165) is 49.6 Å². The number of hydrogen-bond donors (Lipinski definition) is 1. The third-order valence-corrected chi connectivity index (χ3v) is 6.78. The van der Waals surface area contributed by atoms with Gasteiger partial charge in [-0.25, -0.2) is 13.2 Å². The highest BCUT2D eigenvalue weighted by molar-refractivity contribution is 7.90. The molecule has 2 aromatic rings. The van der Waals surface area contributed by atoms with Crippen molar-refractivity contribution in [3.8, 4) is 11.3 Å². The average molecular weight is 509 g/mol. The quantitative estimate of drug-likeness (QED) is 0.196. The van der Waals surface area contributed by atoms with Crippen molar-refractivity contribution in [1.82, 2.24) is 9.78 Å². The first kappa shape index (κ1) is 26.1. The molecule has 3 rings (SSSR count). The number of carbonyl (C=O) groups is 1. The van der Waals surface area contributed by atoms with Gasteiger partial charge in [0.05, 0.1) is 23.2 Å². The number of sulfone groups is 1. The van der Waals surface area contributed by atoms with E-state index in [9.17, 15) is 23.3 Å². The number of carboxylic acid groups (broad SMARTS) is 1. The Morgan fingerprint density at radius 2 is 1.94 bits per heavy atom. The zero-order chi connectivity index (χ0) is 25.4. The monoisotopic (exact) mass is 508 g/mol. The highest BCUT2D eigenvalue weighted by atomic mass is 32.2. The number of aromatic nitrogens is 2. The van der Waals surface area contributed by atoms with Gasteiger partial charge >= 0.3 is 5.97 Å². The first-order valence-corrected chi connectivity index (χ1v) is 13.1. The number of rotatable bonds is 12. The summed E-state index contributed by atoms with van der Waals surface area (Å²) >= 11 is 0. The van der Waals surface area contributed by atoms with Gasteiger partial charge in [-0.15, -0.1) is 10.1 Å². The summed E-state index contributed by atoms with van der Waals surface area (Å²) < 4.78 is 25.6. The smallest absolute Gasteiger partial charge is 0.344 e. The summed E-state index contributed by atoms with van der Waals surface area (Å²) in [5.41, 5.74) is 2.31. The fourth-order valence-electron chi connectivity index (χ4n) is 3.99. The van der Waals surface area contributed by atoms with Crippen molar-refractivity contribution in [1.29, 1.82) is 0 Å². The maximum atomic E-state index is 11.9.